The van der Waals surface area contributed by atoms with Gasteiger partial charge in [-0.15, -0.1) is 0 Å². The van der Waals surface area contributed by atoms with E-state index < -0.39 is 26.5 Å². The molecule has 0 N–H and O–H groups in total. The topological polar surface area (TPSA) is 111 Å². The highest BCUT2D eigenvalue weighted by Crippen LogP contribution is 2.38. The van der Waals surface area contributed by atoms with Gasteiger partial charge in [-0.05, 0) is 51.4 Å². The minimum absolute atomic E-state index is 0.0281. The number of phosphoric ester groups is 1. The molecular formula is C69H132NO8P. The summed E-state index contributed by atoms with van der Waals surface area (Å²) in [6.45, 7) is 4.30. The number of phosphoric acid groups is 1. The maximum absolute atomic E-state index is 12.9. The van der Waals surface area contributed by atoms with Crippen LogP contribution >= 0.6 is 7.82 Å². The number of hydrogen-bond donors (Lipinski definition) is 0. The Kier molecular flexibility index (Phi) is 59.4. The standard InChI is InChI=1S/C69H132NO8P/c1-6-8-10-12-14-16-18-20-22-24-26-28-30-32-33-34-35-36-37-38-40-42-44-46-48-50-52-54-56-58-60-62-69(72)78-67(66-77-79(73,74)76-64-63-70(3,4)5)65-75-68(71)61-59-57-55-53-51-49-47-45-43-41-39-31-29-27-25-23-21-19-17-15-13-11-9-7-2/h18,20,24,26,30,32,67H,6-17,19,21-23,25,27-29,31,33-66H2,1-5H3/b20-18-,26-24-,32-30-. The summed E-state index contributed by atoms with van der Waals surface area (Å²) in [5.41, 5.74) is 0. The Morgan fingerprint density at radius 3 is 1.01 bits per heavy atom. The number of unbranched alkanes of at least 4 members (excludes halogenated alkanes) is 44. The molecule has 0 amide bonds. The second-order valence-corrected chi connectivity index (χ2v) is 26.0. The van der Waals surface area contributed by atoms with E-state index in [1.54, 1.807) is 0 Å². The van der Waals surface area contributed by atoms with Crippen molar-refractivity contribution in [2.24, 2.45) is 0 Å². The number of quaternary nitrogens is 1. The number of carbonyl (C=O) groups excluding carboxylic acids is 2. The summed E-state index contributed by atoms with van der Waals surface area (Å²) in [5, 5.41) is 0. The van der Waals surface area contributed by atoms with E-state index >= 15 is 0 Å². The molecule has 0 aliphatic carbocycles. The molecule has 0 aromatic carbocycles. The highest BCUT2D eigenvalue weighted by molar-refractivity contribution is 7.45. The molecule has 2 unspecified atom stereocenters. The fourth-order valence-corrected chi connectivity index (χ4v) is 10.9. The second kappa shape index (κ2) is 60.8. The Morgan fingerprint density at radius 1 is 0.392 bits per heavy atom. The van der Waals surface area contributed by atoms with Crippen LogP contribution in [0, 0.1) is 0 Å². The number of rotatable bonds is 64. The van der Waals surface area contributed by atoms with Crippen molar-refractivity contribution in [1.29, 1.82) is 0 Å². The van der Waals surface area contributed by atoms with E-state index in [4.69, 9.17) is 18.5 Å². The zero-order chi connectivity index (χ0) is 57.7. The average Bonchev–Trinajstić information content (AvgIpc) is 3.41. The molecule has 0 aromatic heterocycles. The van der Waals surface area contributed by atoms with Gasteiger partial charge in [0, 0.05) is 12.8 Å². The highest BCUT2D eigenvalue weighted by Gasteiger charge is 2.22. The Labute approximate surface area is 491 Å². The fourth-order valence-electron chi connectivity index (χ4n) is 10.1. The normalized spacial score (nSPS) is 13.3. The molecule has 0 heterocycles. The Hall–Kier alpha value is -1.77. The largest absolute Gasteiger partial charge is 0.756 e. The van der Waals surface area contributed by atoms with Gasteiger partial charge in [0.05, 0.1) is 27.7 Å². The predicted octanol–water partition coefficient (Wildman–Crippen LogP) is 21.3. The monoisotopic (exact) mass is 1130 g/mol. The minimum Gasteiger partial charge on any atom is -0.756 e. The molecule has 0 aromatic rings. The molecule has 10 heteroatoms. The summed E-state index contributed by atoms with van der Waals surface area (Å²) < 4.78 is 34.3. The van der Waals surface area contributed by atoms with Crippen molar-refractivity contribution < 1.29 is 42.1 Å². The number of likely N-dealkylation sites (N-methyl/N-ethyl adjacent to an activating group) is 1. The first-order chi connectivity index (χ1) is 38.5. The number of carbonyl (C=O) groups is 2. The van der Waals surface area contributed by atoms with E-state index in [1.165, 1.54) is 257 Å². The summed E-state index contributed by atoms with van der Waals surface area (Å²) in [4.78, 5) is 38.0. The van der Waals surface area contributed by atoms with Crippen LogP contribution in [0.1, 0.15) is 341 Å². The number of allylic oxidation sites excluding steroid dienone is 6. The fraction of sp³-hybridized carbons (Fsp3) is 0.884. The average molecular weight is 1130 g/mol. The summed E-state index contributed by atoms with van der Waals surface area (Å²) in [6, 6.07) is 0. The first kappa shape index (κ1) is 77.2. The van der Waals surface area contributed by atoms with Crippen LogP contribution in [0.3, 0.4) is 0 Å². The van der Waals surface area contributed by atoms with Crippen LogP contribution in [-0.2, 0) is 32.7 Å². The second-order valence-electron chi connectivity index (χ2n) is 24.6. The van der Waals surface area contributed by atoms with Gasteiger partial charge < -0.3 is 27.9 Å². The third-order valence-electron chi connectivity index (χ3n) is 15.4. The maximum atomic E-state index is 12.9. The van der Waals surface area contributed by atoms with Crippen LogP contribution in [0.25, 0.3) is 0 Å². The zero-order valence-corrected chi connectivity index (χ0v) is 54.0. The SMILES string of the molecule is CCCCCCC/C=C\C/C=C\C/C=C\CCCCCCCCCCCCCCCCCCC(=O)OC(COC(=O)CCCCCCCCCCCCCCCCCCCCCCCCCC)COP(=O)([O-])OCC[N+](C)(C)C. The molecule has 79 heavy (non-hydrogen) atoms. The lowest BCUT2D eigenvalue weighted by molar-refractivity contribution is -0.870. The molecule has 0 aliphatic rings. The molecular weight excluding hydrogens is 1000 g/mol. The third-order valence-corrected chi connectivity index (χ3v) is 16.4. The molecule has 0 spiro atoms. The summed E-state index contributed by atoms with van der Waals surface area (Å²) in [5.74, 6) is -0.813. The van der Waals surface area contributed by atoms with E-state index in [2.05, 4.69) is 50.3 Å². The molecule has 0 radical (unpaired) electrons. The zero-order valence-electron chi connectivity index (χ0n) is 53.1. The van der Waals surface area contributed by atoms with Crippen molar-refractivity contribution in [1.82, 2.24) is 0 Å². The van der Waals surface area contributed by atoms with Crippen molar-refractivity contribution in [3.05, 3.63) is 36.5 Å². The van der Waals surface area contributed by atoms with Crippen molar-refractivity contribution >= 4 is 19.8 Å². The van der Waals surface area contributed by atoms with Crippen LogP contribution in [0.4, 0.5) is 0 Å². The Morgan fingerprint density at radius 2 is 0.684 bits per heavy atom. The van der Waals surface area contributed by atoms with Gasteiger partial charge in [0.15, 0.2) is 6.10 Å². The third kappa shape index (κ3) is 65.3. The van der Waals surface area contributed by atoms with Crippen molar-refractivity contribution in [2.75, 3.05) is 47.5 Å². The smallest absolute Gasteiger partial charge is 0.306 e. The molecule has 0 bridgehead atoms. The van der Waals surface area contributed by atoms with E-state index in [-0.39, 0.29) is 32.0 Å². The molecule has 0 saturated heterocycles. The van der Waals surface area contributed by atoms with Crippen LogP contribution in [-0.4, -0.2) is 70.0 Å². The van der Waals surface area contributed by atoms with Gasteiger partial charge in [0.1, 0.15) is 19.8 Å². The maximum Gasteiger partial charge on any atom is 0.306 e. The van der Waals surface area contributed by atoms with E-state index in [9.17, 15) is 19.0 Å². The lowest BCUT2D eigenvalue weighted by Crippen LogP contribution is -2.37. The molecule has 0 fully saturated rings. The van der Waals surface area contributed by atoms with Crippen molar-refractivity contribution in [2.45, 2.75) is 347 Å². The first-order valence-corrected chi connectivity index (χ1v) is 35.7. The quantitative estimate of drug-likeness (QED) is 0.0195. The molecule has 0 rings (SSSR count). The number of hydrogen-bond acceptors (Lipinski definition) is 8. The van der Waals surface area contributed by atoms with Gasteiger partial charge >= 0.3 is 11.9 Å². The summed E-state index contributed by atoms with van der Waals surface area (Å²) >= 11 is 0. The first-order valence-electron chi connectivity index (χ1n) is 34.2. The number of esters is 2. The van der Waals surface area contributed by atoms with Gasteiger partial charge in [-0.3, -0.25) is 14.2 Å². The number of ether oxygens (including phenoxy) is 2. The van der Waals surface area contributed by atoms with E-state index in [1.807, 2.05) is 21.1 Å². The van der Waals surface area contributed by atoms with Crippen LogP contribution in [0.15, 0.2) is 36.5 Å². The van der Waals surface area contributed by atoms with Gasteiger partial charge in [-0.25, -0.2) is 0 Å². The van der Waals surface area contributed by atoms with E-state index in [0.29, 0.717) is 17.4 Å². The van der Waals surface area contributed by atoms with Crippen LogP contribution in [0.2, 0.25) is 0 Å². The number of nitrogens with zero attached hydrogens (tertiary/aromatic N) is 1. The summed E-state index contributed by atoms with van der Waals surface area (Å²) in [7, 11) is 1.18. The lowest BCUT2D eigenvalue weighted by Gasteiger charge is -2.28. The summed E-state index contributed by atoms with van der Waals surface area (Å²) in [6.07, 6.45) is 76.5. The molecule has 0 aliphatic heterocycles. The molecule has 9 nitrogen and oxygen atoms in total. The van der Waals surface area contributed by atoms with Gasteiger partial charge in [-0.1, -0.05) is 314 Å². The Bertz CT molecular complexity index is 1430. The van der Waals surface area contributed by atoms with Gasteiger partial charge in [0.2, 0.25) is 0 Å². The van der Waals surface area contributed by atoms with Gasteiger partial charge in [0.25, 0.3) is 7.82 Å². The molecule has 2 atom stereocenters. The Balaban J connectivity index is 4.02. The molecule has 0 saturated carbocycles. The van der Waals surface area contributed by atoms with E-state index in [0.717, 1.165) is 51.4 Å². The molecule has 466 valence electrons. The van der Waals surface area contributed by atoms with Gasteiger partial charge in [-0.2, -0.15) is 0 Å². The predicted molar refractivity (Wildman–Crippen MR) is 337 cm³/mol. The lowest BCUT2D eigenvalue weighted by atomic mass is 10.0. The van der Waals surface area contributed by atoms with Crippen molar-refractivity contribution in [3.8, 4) is 0 Å². The minimum atomic E-state index is -4.64. The van der Waals surface area contributed by atoms with Crippen LogP contribution < -0.4 is 4.89 Å². The highest BCUT2D eigenvalue weighted by atomic mass is 31.2. The van der Waals surface area contributed by atoms with Crippen molar-refractivity contribution in [3.63, 3.8) is 0 Å². The van der Waals surface area contributed by atoms with Crippen LogP contribution in [0.5, 0.6) is 0 Å².